The fourth-order valence-electron chi connectivity index (χ4n) is 3.88. The number of fused-ring (bicyclic) bond motifs is 3. The second-order valence-corrected chi connectivity index (χ2v) is 8.94. The van der Waals surface area contributed by atoms with Crippen LogP contribution >= 0.6 is 0 Å². The normalized spacial score (nSPS) is 29.7. The Kier molecular flexibility index (Phi) is 5.67. The molecule has 5 heteroatoms. The number of hydrogen-bond donors (Lipinski definition) is 0. The predicted octanol–water partition coefficient (Wildman–Crippen LogP) is 3.91. The second kappa shape index (κ2) is 7.53. The zero-order chi connectivity index (χ0) is 19.7. The Balaban J connectivity index is 1.63. The molecule has 5 nitrogen and oxygen atoms in total. The first-order valence-electron chi connectivity index (χ1n) is 9.86. The van der Waals surface area contributed by atoms with Crippen LogP contribution in [0.1, 0.15) is 46.6 Å². The van der Waals surface area contributed by atoms with E-state index in [0.29, 0.717) is 25.7 Å². The lowest BCUT2D eigenvalue weighted by molar-refractivity contribution is -0.461. The third-order valence-electron chi connectivity index (χ3n) is 6.04. The highest BCUT2D eigenvalue weighted by Gasteiger charge is 2.54. The van der Waals surface area contributed by atoms with Crippen molar-refractivity contribution in [3.8, 4) is 0 Å². The summed E-state index contributed by atoms with van der Waals surface area (Å²) in [6, 6.07) is 10.1. The number of esters is 1. The van der Waals surface area contributed by atoms with E-state index in [0.717, 1.165) is 12.0 Å². The first-order chi connectivity index (χ1) is 12.7. The molecule has 3 fully saturated rings. The van der Waals surface area contributed by atoms with E-state index in [2.05, 4.69) is 39.8 Å². The van der Waals surface area contributed by atoms with Crippen molar-refractivity contribution < 1.29 is 23.7 Å². The number of ether oxygens (including phenoxy) is 4. The molecule has 0 aromatic heterocycles. The molecular weight excluding hydrogens is 344 g/mol. The van der Waals surface area contributed by atoms with Gasteiger partial charge in [-0.25, -0.2) is 0 Å². The van der Waals surface area contributed by atoms with E-state index in [4.69, 9.17) is 18.9 Å². The molecule has 2 bridgehead atoms. The molecule has 150 valence electrons. The highest BCUT2D eigenvalue weighted by molar-refractivity contribution is 5.76. The van der Waals surface area contributed by atoms with Crippen LogP contribution in [0.15, 0.2) is 30.3 Å². The van der Waals surface area contributed by atoms with Crippen LogP contribution in [-0.4, -0.2) is 38.4 Å². The standard InChI is InChI=1S/C22H32O5/c1-16(2)11-20(5,17(3)4)19(23)24-15-22-25-12-21(13-26-22,14-27-22)18-9-7-6-8-10-18/h6-10,16-17H,11-15H2,1-5H3. The van der Waals surface area contributed by atoms with Gasteiger partial charge in [-0.3, -0.25) is 4.79 Å². The van der Waals surface area contributed by atoms with E-state index in [-0.39, 0.29) is 23.9 Å². The SMILES string of the molecule is CC(C)CC(C)(C(=O)OCC12OCC(c3ccccc3)(CO1)CO2)C(C)C. The summed E-state index contributed by atoms with van der Waals surface area (Å²) in [5, 5.41) is 0. The van der Waals surface area contributed by atoms with E-state index < -0.39 is 11.4 Å². The number of carbonyl (C=O) groups is 1. The predicted molar refractivity (Wildman–Crippen MR) is 102 cm³/mol. The zero-order valence-corrected chi connectivity index (χ0v) is 17.1. The van der Waals surface area contributed by atoms with Crippen molar-refractivity contribution in [3.05, 3.63) is 35.9 Å². The molecule has 0 aliphatic carbocycles. The molecule has 27 heavy (non-hydrogen) atoms. The Labute approximate surface area is 162 Å². The quantitative estimate of drug-likeness (QED) is 0.676. The molecule has 0 amide bonds. The van der Waals surface area contributed by atoms with Gasteiger partial charge < -0.3 is 18.9 Å². The van der Waals surface area contributed by atoms with Gasteiger partial charge in [0, 0.05) is 0 Å². The monoisotopic (exact) mass is 376 g/mol. The molecule has 3 aliphatic rings. The average molecular weight is 376 g/mol. The molecule has 1 unspecified atom stereocenters. The summed E-state index contributed by atoms with van der Waals surface area (Å²) in [6.45, 7) is 11.7. The van der Waals surface area contributed by atoms with E-state index in [1.807, 2.05) is 25.1 Å². The van der Waals surface area contributed by atoms with Crippen LogP contribution in [0.2, 0.25) is 0 Å². The molecule has 0 radical (unpaired) electrons. The topological polar surface area (TPSA) is 54.0 Å². The first kappa shape index (κ1) is 20.3. The van der Waals surface area contributed by atoms with Gasteiger partial charge in [0.1, 0.15) is 0 Å². The van der Waals surface area contributed by atoms with Crippen molar-refractivity contribution in [1.82, 2.24) is 0 Å². The van der Waals surface area contributed by atoms with Gasteiger partial charge >= 0.3 is 11.9 Å². The van der Waals surface area contributed by atoms with E-state index >= 15 is 0 Å². The van der Waals surface area contributed by atoms with Crippen molar-refractivity contribution >= 4 is 5.97 Å². The Morgan fingerprint density at radius 1 is 1.07 bits per heavy atom. The summed E-state index contributed by atoms with van der Waals surface area (Å²) in [7, 11) is 0. The summed E-state index contributed by atoms with van der Waals surface area (Å²) < 4.78 is 23.4. The average Bonchev–Trinajstić information content (AvgIpc) is 2.67. The third-order valence-corrected chi connectivity index (χ3v) is 6.04. The fraction of sp³-hybridized carbons (Fsp3) is 0.682. The maximum absolute atomic E-state index is 12.9. The molecule has 1 atom stereocenters. The smallest absolute Gasteiger partial charge is 0.319 e. The van der Waals surface area contributed by atoms with Crippen LogP contribution in [-0.2, 0) is 29.2 Å². The number of carbonyl (C=O) groups excluding carboxylic acids is 1. The van der Waals surface area contributed by atoms with E-state index in [1.165, 1.54) is 0 Å². The number of hydrogen-bond acceptors (Lipinski definition) is 5. The summed E-state index contributed by atoms with van der Waals surface area (Å²) in [5.41, 5.74) is 0.304. The molecule has 1 aromatic rings. The summed E-state index contributed by atoms with van der Waals surface area (Å²) >= 11 is 0. The molecule has 0 saturated carbocycles. The maximum atomic E-state index is 12.9. The molecule has 3 heterocycles. The maximum Gasteiger partial charge on any atom is 0.319 e. The van der Waals surface area contributed by atoms with Gasteiger partial charge in [-0.05, 0) is 30.7 Å². The summed E-state index contributed by atoms with van der Waals surface area (Å²) in [4.78, 5) is 12.9. The highest BCUT2D eigenvalue weighted by Crippen LogP contribution is 2.41. The van der Waals surface area contributed by atoms with Gasteiger partial charge in [-0.15, -0.1) is 0 Å². The lowest BCUT2D eigenvalue weighted by atomic mass is 9.73. The van der Waals surface area contributed by atoms with Crippen LogP contribution in [0.25, 0.3) is 0 Å². The highest BCUT2D eigenvalue weighted by atomic mass is 16.9. The summed E-state index contributed by atoms with van der Waals surface area (Å²) in [6.07, 6.45) is 0.774. The Hall–Kier alpha value is -1.43. The Morgan fingerprint density at radius 3 is 2.11 bits per heavy atom. The van der Waals surface area contributed by atoms with Crippen LogP contribution < -0.4 is 0 Å². The van der Waals surface area contributed by atoms with Crippen molar-refractivity contribution in [2.75, 3.05) is 26.4 Å². The molecule has 4 rings (SSSR count). The van der Waals surface area contributed by atoms with Gasteiger partial charge in [-0.2, -0.15) is 0 Å². The van der Waals surface area contributed by atoms with Crippen LogP contribution in [0.4, 0.5) is 0 Å². The molecule has 3 aliphatic heterocycles. The van der Waals surface area contributed by atoms with Crippen molar-refractivity contribution in [2.24, 2.45) is 17.3 Å². The van der Waals surface area contributed by atoms with Gasteiger partial charge in [0.05, 0.1) is 30.7 Å². The van der Waals surface area contributed by atoms with Crippen LogP contribution in [0, 0.1) is 17.3 Å². The minimum atomic E-state index is -1.28. The molecule has 0 spiro atoms. The molecular formula is C22H32O5. The molecule has 1 aromatic carbocycles. The Bertz CT molecular complexity index is 629. The fourth-order valence-corrected chi connectivity index (χ4v) is 3.88. The Morgan fingerprint density at radius 2 is 1.63 bits per heavy atom. The summed E-state index contributed by atoms with van der Waals surface area (Å²) in [5.74, 6) is -0.914. The number of benzene rings is 1. The molecule has 0 N–H and O–H groups in total. The van der Waals surface area contributed by atoms with Gasteiger partial charge in [0.15, 0.2) is 6.61 Å². The van der Waals surface area contributed by atoms with E-state index in [9.17, 15) is 4.79 Å². The minimum absolute atomic E-state index is 0.0445. The lowest BCUT2D eigenvalue weighted by Crippen LogP contribution is -2.64. The van der Waals surface area contributed by atoms with Crippen LogP contribution in [0.3, 0.4) is 0 Å². The minimum Gasteiger partial charge on any atom is -0.457 e. The van der Waals surface area contributed by atoms with Gasteiger partial charge in [0.2, 0.25) is 0 Å². The van der Waals surface area contributed by atoms with E-state index in [1.54, 1.807) is 0 Å². The van der Waals surface area contributed by atoms with Gasteiger partial charge in [-0.1, -0.05) is 58.0 Å². The molecule has 3 saturated heterocycles. The zero-order valence-electron chi connectivity index (χ0n) is 17.1. The lowest BCUT2D eigenvalue weighted by Gasteiger charge is -2.51. The largest absolute Gasteiger partial charge is 0.457 e. The van der Waals surface area contributed by atoms with Crippen molar-refractivity contribution in [2.45, 2.75) is 52.4 Å². The van der Waals surface area contributed by atoms with Crippen LogP contribution in [0.5, 0.6) is 0 Å². The van der Waals surface area contributed by atoms with Gasteiger partial charge in [0.25, 0.3) is 0 Å². The first-order valence-corrected chi connectivity index (χ1v) is 9.86. The third kappa shape index (κ3) is 3.91. The second-order valence-electron chi connectivity index (χ2n) is 8.94. The van der Waals surface area contributed by atoms with Crippen molar-refractivity contribution in [1.29, 1.82) is 0 Å². The number of rotatable bonds is 7. The van der Waals surface area contributed by atoms with Crippen molar-refractivity contribution in [3.63, 3.8) is 0 Å².